The van der Waals surface area contributed by atoms with E-state index in [2.05, 4.69) is 86.5 Å². The number of hydrogen-bond acceptors (Lipinski definition) is 2. The average molecular weight is 385 g/mol. The highest BCUT2D eigenvalue weighted by Gasteiger charge is 2.29. The van der Waals surface area contributed by atoms with Gasteiger partial charge in [-0.15, -0.1) is 0 Å². The van der Waals surface area contributed by atoms with Crippen LogP contribution in [0.5, 0.6) is 0 Å². The molecule has 1 fully saturated rings. The number of anilines is 1. The molecular weight excluding hydrogens is 352 g/mol. The predicted octanol–water partition coefficient (Wildman–Crippen LogP) is 6.98. The zero-order valence-electron chi connectivity index (χ0n) is 18.1. The molecule has 0 radical (unpaired) electrons. The van der Waals surface area contributed by atoms with Crippen molar-refractivity contribution in [2.45, 2.75) is 52.9 Å². The Bertz CT molecular complexity index is 988. The topological polar surface area (TPSA) is 24.9 Å². The Hall–Kier alpha value is -2.61. The van der Waals surface area contributed by atoms with E-state index >= 15 is 0 Å². The SMILES string of the molecule is Cc1cc(C)c(C2CCCC2CNc2ccc(-c3ccccc3C)cn2)cc1C. The van der Waals surface area contributed by atoms with Crippen molar-refractivity contribution in [3.8, 4) is 11.1 Å². The molecule has 1 aliphatic carbocycles. The number of hydrogen-bond donors (Lipinski definition) is 1. The van der Waals surface area contributed by atoms with Crippen LogP contribution in [0.3, 0.4) is 0 Å². The molecule has 2 unspecified atom stereocenters. The fourth-order valence-electron chi connectivity index (χ4n) is 4.86. The van der Waals surface area contributed by atoms with E-state index in [1.807, 2.05) is 6.20 Å². The van der Waals surface area contributed by atoms with E-state index in [1.54, 1.807) is 5.56 Å². The van der Waals surface area contributed by atoms with E-state index < -0.39 is 0 Å². The number of aryl methyl sites for hydroxylation is 4. The first-order valence-electron chi connectivity index (χ1n) is 10.9. The quantitative estimate of drug-likeness (QED) is 0.513. The lowest BCUT2D eigenvalue weighted by Crippen LogP contribution is -2.18. The first-order chi connectivity index (χ1) is 14.0. The minimum Gasteiger partial charge on any atom is -0.370 e. The third kappa shape index (κ3) is 4.22. The van der Waals surface area contributed by atoms with Crippen LogP contribution in [0.25, 0.3) is 11.1 Å². The number of aromatic nitrogens is 1. The molecule has 1 saturated carbocycles. The van der Waals surface area contributed by atoms with Gasteiger partial charge in [-0.2, -0.15) is 0 Å². The highest BCUT2D eigenvalue weighted by atomic mass is 15.0. The summed E-state index contributed by atoms with van der Waals surface area (Å²) in [6, 6.07) is 17.6. The maximum Gasteiger partial charge on any atom is 0.125 e. The van der Waals surface area contributed by atoms with Crippen molar-refractivity contribution < 1.29 is 0 Å². The van der Waals surface area contributed by atoms with Gasteiger partial charge in [-0.3, -0.25) is 0 Å². The van der Waals surface area contributed by atoms with Gasteiger partial charge in [0.05, 0.1) is 0 Å². The van der Waals surface area contributed by atoms with Crippen molar-refractivity contribution in [2.75, 3.05) is 11.9 Å². The van der Waals surface area contributed by atoms with Gasteiger partial charge in [0.2, 0.25) is 0 Å². The van der Waals surface area contributed by atoms with Gasteiger partial charge in [0.15, 0.2) is 0 Å². The van der Waals surface area contributed by atoms with Crippen molar-refractivity contribution in [1.82, 2.24) is 4.98 Å². The van der Waals surface area contributed by atoms with E-state index in [-0.39, 0.29) is 0 Å². The minimum absolute atomic E-state index is 0.660. The molecule has 0 amide bonds. The summed E-state index contributed by atoms with van der Waals surface area (Å²) < 4.78 is 0. The third-order valence-electron chi connectivity index (χ3n) is 6.71. The van der Waals surface area contributed by atoms with Crippen molar-refractivity contribution in [1.29, 1.82) is 0 Å². The van der Waals surface area contributed by atoms with Gasteiger partial charge < -0.3 is 5.32 Å². The van der Waals surface area contributed by atoms with Crippen LogP contribution < -0.4 is 5.32 Å². The molecule has 3 aromatic rings. The molecule has 2 atom stereocenters. The average Bonchev–Trinajstić information content (AvgIpc) is 3.18. The zero-order chi connectivity index (χ0) is 20.4. The fourth-order valence-corrected chi connectivity index (χ4v) is 4.86. The lowest BCUT2D eigenvalue weighted by atomic mass is 9.84. The second kappa shape index (κ2) is 8.41. The predicted molar refractivity (Wildman–Crippen MR) is 124 cm³/mol. The van der Waals surface area contributed by atoms with Crippen molar-refractivity contribution in [2.24, 2.45) is 5.92 Å². The maximum atomic E-state index is 4.69. The molecule has 2 heteroatoms. The summed E-state index contributed by atoms with van der Waals surface area (Å²) in [4.78, 5) is 4.69. The normalized spacial score (nSPS) is 18.8. The Morgan fingerprint density at radius 2 is 1.66 bits per heavy atom. The standard InChI is InChI=1S/C27H32N2/c1-18-8-5-6-10-24(18)23-12-13-27(29-17-23)28-16-22-9-7-11-25(22)26-15-20(3)19(2)14-21(26)4/h5-6,8,10,12-15,17,22,25H,7,9,11,16H2,1-4H3,(H,28,29). The monoisotopic (exact) mass is 384 g/mol. The smallest absolute Gasteiger partial charge is 0.125 e. The number of nitrogens with zero attached hydrogens (tertiary/aromatic N) is 1. The molecule has 150 valence electrons. The van der Waals surface area contributed by atoms with Crippen LogP contribution in [0.2, 0.25) is 0 Å². The van der Waals surface area contributed by atoms with E-state index in [4.69, 9.17) is 0 Å². The summed E-state index contributed by atoms with van der Waals surface area (Å²) in [6.45, 7) is 9.87. The summed E-state index contributed by atoms with van der Waals surface area (Å²) in [5, 5.41) is 3.61. The first kappa shape index (κ1) is 19.7. The van der Waals surface area contributed by atoms with Gasteiger partial charge in [-0.1, -0.05) is 42.8 Å². The minimum atomic E-state index is 0.660. The van der Waals surface area contributed by atoms with Gasteiger partial charge in [0, 0.05) is 18.3 Å². The number of rotatable bonds is 5. The largest absolute Gasteiger partial charge is 0.370 e. The summed E-state index contributed by atoms with van der Waals surface area (Å²) in [5.41, 5.74) is 9.54. The molecule has 0 saturated heterocycles. The van der Waals surface area contributed by atoms with E-state index in [0.29, 0.717) is 11.8 Å². The number of pyridine rings is 1. The van der Waals surface area contributed by atoms with Crippen molar-refractivity contribution >= 4 is 5.82 Å². The Morgan fingerprint density at radius 3 is 2.41 bits per heavy atom. The van der Waals surface area contributed by atoms with Crippen LogP contribution in [-0.4, -0.2) is 11.5 Å². The summed E-state index contributed by atoms with van der Waals surface area (Å²) in [7, 11) is 0. The summed E-state index contributed by atoms with van der Waals surface area (Å²) >= 11 is 0. The number of benzene rings is 2. The molecule has 0 spiro atoms. The lowest BCUT2D eigenvalue weighted by Gasteiger charge is -2.23. The van der Waals surface area contributed by atoms with E-state index in [0.717, 1.165) is 12.4 Å². The summed E-state index contributed by atoms with van der Waals surface area (Å²) in [6.07, 6.45) is 5.91. The molecule has 0 bridgehead atoms. The van der Waals surface area contributed by atoms with Crippen molar-refractivity contribution in [3.05, 3.63) is 82.5 Å². The Balaban J connectivity index is 1.45. The van der Waals surface area contributed by atoms with Gasteiger partial charge in [-0.25, -0.2) is 4.98 Å². The Kier molecular flexibility index (Phi) is 5.71. The molecule has 4 rings (SSSR count). The molecule has 1 aromatic heterocycles. The van der Waals surface area contributed by atoms with Gasteiger partial charge in [0.1, 0.15) is 5.82 Å². The zero-order valence-corrected chi connectivity index (χ0v) is 18.1. The van der Waals surface area contributed by atoms with Crippen LogP contribution in [0.15, 0.2) is 54.7 Å². The van der Waals surface area contributed by atoms with Gasteiger partial charge in [0.25, 0.3) is 0 Å². The first-order valence-corrected chi connectivity index (χ1v) is 10.9. The second-order valence-electron chi connectivity index (χ2n) is 8.72. The maximum absolute atomic E-state index is 4.69. The van der Waals surface area contributed by atoms with Crippen molar-refractivity contribution in [3.63, 3.8) is 0 Å². The van der Waals surface area contributed by atoms with E-state index in [9.17, 15) is 0 Å². The molecule has 1 heterocycles. The molecular formula is C27H32N2. The van der Waals surface area contributed by atoms with Crippen LogP contribution in [0.1, 0.15) is 53.0 Å². The van der Waals surface area contributed by atoms with E-state index in [1.165, 1.54) is 52.6 Å². The molecule has 0 aliphatic heterocycles. The van der Waals surface area contributed by atoms with Crippen LogP contribution in [0, 0.1) is 33.6 Å². The highest BCUT2D eigenvalue weighted by Crippen LogP contribution is 2.41. The van der Waals surface area contributed by atoms with Crippen LogP contribution >= 0.6 is 0 Å². The molecule has 2 aromatic carbocycles. The molecule has 29 heavy (non-hydrogen) atoms. The Morgan fingerprint density at radius 1 is 0.862 bits per heavy atom. The number of nitrogens with one attached hydrogen (secondary N) is 1. The fraction of sp³-hybridized carbons (Fsp3) is 0.370. The van der Waals surface area contributed by atoms with Gasteiger partial charge >= 0.3 is 0 Å². The third-order valence-corrected chi connectivity index (χ3v) is 6.71. The molecule has 1 aliphatic rings. The van der Waals surface area contributed by atoms with Crippen LogP contribution in [-0.2, 0) is 0 Å². The molecule has 1 N–H and O–H groups in total. The lowest BCUT2D eigenvalue weighted by molar-refractivity contribution is 0.507. The molecule has 2 nitrogen and oxygen atoms in total. The van der Waals surface area contributed by atoms with Gasteiger partial charge in [-0.05, 0) is 97.9 Å². The summed E-state index contributed by atoms with van der Waals surface area (Å²) in [5.74, 6) is 2.31. The highest BCUT2D eigenvalue weighted by molar-refractivity contribution is 5.67. The van der Waals surface area contributed by atoms with Crippen LogP contribution in [0.4, 0.5) is 5.82 Å². The second-order valence-corrected chi connectivity index (χ2v) is 8.72. The Labute approximate surface area is 175 Å².